The number of hydrogen-bond donors (Lipinski definition) is 2. The van der Waals surface area contributed by atoms with E-state index in [0.29, 0.717) is 17.1 Å². The zero-order valence-corrected chi connectivity index (χ0v) is 10.7. The number of aliphatic carboxylic acids is 1. The van der Waals surface area contributed by atoms with Crippen LogP contribution in [0, 0.1) is 11.3 Å². The van der Waals surface area contributed by atoms with Crippen LogP contribution >= 0.6 is 11.8 Å². The Balaban J connectivity index is 1.76. The van der Waals surface area contributed by atoms with Crippen LogP contribution < -0.4 is 5.69 Å². The van der Waals surface area contributed by atoms with Crippen LogP contribution in [0.15, 0.2) is 9.95 Å². The van der Waals surface area contributed by atoms with Gasteiger partial charge in [-0.25, -0.2) is 9.89 Å². The third-order valence-corrected chi connectivity index (χ3v) is 4.82. The predicted octanol–water partition coefficient (Wildman–Crippen LogP) is 0.938. The zero-order chi connectivity index (χ0) is 12.8. The minimum Gasteiger partial charge on any atom is -0.481 e. The lowest BCUT2D eigenvalue weighted by Gasteiger charge is -2.14. The molecule has 2 aliphatic rings. The molecule has 1 aromatic heterocycles. The molecule has 18 heavy (non-hydrogen) atoms. The van der Waals surface area contributed by atoms with Gasteiger partial charge in [-0.1, -0.05) is 11.8 Å². The van der Waals surface area contributed by atoms with E-state index in [1.165, 1.54) is 25.7 Å². The molecule has 0 unspecified atom stereocenters. The van der Waals surface area contributed by atoms with Gasteiger partial charge in [0.25, 0.3) is 0 Å². The van der Waals surface area contributed by atoms with Crippen LogP contribution in [0.5, 0.6) is 0 Å². The summed E-state index contributed by atoms with van der Waals surface area (Å²) in [7, 11) is 0. The molecule has 3 rings (SSSR count). The fraction of sp³-hybridized carbons (Fsp3) is 0.727. The first-order valence-electron chi connectivity index (χ1n) is 6.10. The molecule has 2 fully saturated rings. The number of rotatable bonds is 6. The van der Waals surface area contributed by atoms with Crippen LogP contribution in [0.25, 0.3) is 0 Å². The Labute approximate surface area is 108 Å². The summed E-state index contributed by atoms with van der Waals surface area (Å²) in [6.45, 7) is 0.689. The molecule has 2 saturated carbocycles. The minimum atomic E-state index is -0.898. The topological polar surface area (TPSA) is 88.0 Å². The molecule has 0 aromatic carbocycles. The van der Waals surface area contributed by atoms with E-state index >= 15 is 0 Å². The zero-order valence-electron chi connectivity index (χ0n) is 9.89. The molecule has 0 saturated heterocycles. The maximum atomic E-state index is 11.7. The summed E-state index contributed by atoms with van der Waals surface area (Å²) in [5.41, 5.74) is 0.0708. The van der Waals surface area contributed by atoms with Crippen LogP contribution in [0.4, 0.5) is 0 Å². The second-order valence-electron chi connectivity index (χ2n) is 5.22. The largest absolute Gasteiger partial charge is 0.481 e. The molecule has 0 spiro atoms. The molecular formula is C11H15N3O3S. The first kappa shape index (κ1) is 11.8. The number of carboxylic acid groups (broad SMARTS) is 1. The standard InChI is InChI=1S/C11H15N3O3S/c15-8(16)5-18-10-13-12-9(17)14(10)6-11(3-4-11)7-1-2-7/h7H,1-6H2,(H,12,17)(H,15,16). The molecule has 0 amide bonds. The molecule has 0 atom stereocenters. The lowest BCUT2D eigenvalue weighted by atomic mass is 10.0. The van der Waals surface area contributed by atoms with Crippen molar-refractivity contribution in [2.45, 2.75) is 37.4 Å². The van der Waals surface area contributed by atoms with Crippen molar-refractivity contribution >= 4 is 17.7 Å². The number of aromatic nitrogens is 3. The predicted molar refractivity (Wildman–Crippen MR) is 65.6 cm³/mol. The lowest BCUT2D eigenvalue weighted by molar-refractivity contribution is -0.133. The van der Waals surface area contributed by atoms with E-state index in [0.717, 1.165) is 17.7 Å². The van der Waals surface area contributed by atoms with Gasteiger partial charge in [-0.05, 0) is 37.0 Å². The van der Waals surface area contributed by atoms with E-state index in [-0.39, 0.29) is 11.4 Å². The number of hydrogen-bond acceptors (Lipinski definition) is 4. The Morgan fingerprint density at radius 1 is 1.56 bits per heavy atom. The SMILES string of the molecule is O=C(O)CSc1n[nH]c(=O)n1CC1(C2CC2)CC1. The van der Waals surface area contributed by atoms with Crippen LogP contribution in [0.2, 0.25) is 0 Å². The van der Waals surface area contributed by atoms with Gasteiger partial charge in [-0.2, -0.15) is 0 Å². The van der Waals surface area contributed by atoms with Gasteiger partial charge in [0.15, 0.2) is 5.16 Å². The van der Waals surface area contributed by atoms with Crippen LogP contribution in [-0.2, 0) is 11.3 Å². The Morgan fingerprint density at radius 2 is 2.28 bits per heavy atom. The van der Waals surface area contributed by atoms with Crippen molar-refractivity contribution in [3.8, 4) is 0 Å². The molecule has 6 nitrogen and oxygen atoms in total. The molecule has 1 heterocycles. The maximum Gasteiger partial charge on any atom is 0.343 e. The van der Waals surface area contributed by atoms with Crippen molar-refractivity contribution < 1.29 is 9.90 Å². The molecule has 1 aromatic rings. The van der Waals surface area contributed by atoms with E-state index in [9.17, 15) is 9.59 Å². The second kappa shape index (κ2) is 4.15. The van der Waals surface area contributed by atoms with E-state index in [1.54, 1.807) is 4.57 Å². The van der Waals surface area contributed by atoms with E-state index in [4.69, 9.17) is 5.11 Å². The summed E-state index contributed by atoms with van der Waals surface area (Å²) < 4.78 is 1.61. The van der Waals surface area contributed by atoms with Crippen molar-refractivity contribution in [2.75, 3.05) is 5.75 Å². The summed E-state index contributed by atoms with van der Waals surface area (Å²) >= 11 is 1.10. The average Bonchev–Trinajstić information content (AvgIpc) is 3.19. The molecular weight excluding hydrogens is 254 g/mol. The third kappa shape index (κ3) is 2.19. The number of nitrogens with one attached hydrogen (secondary N) is 1. The van der Waals surface area contributed by atoms with Gasteiger partial charge in [0.05, 0.1) is 5.75 Å². The van der Waals surface area contributed by atoms with Crippen molar-refractivity contribution in [3.05, 3.63) is 10.5 Å². The van der Waals surface area contributed by atoms with E-state index < -0.39 is 5.97 Å². The summed E-state index contributed by atoms with van der Waals surface area (Å²) in [5, 5.41) is 15.5. The van der Waals surface area contributed by atoms with Crippen molar-refractivity contribution in [1.82, 2.24) is 14.8 Å². The van der Waals surface area contributed by atoms with Crippen LogP contribution in [0.1, 0.15) is 25.7 Å². The molecule has 98 valence electrons. The molecule has 7 heteroatoms. The normalized spacial score (nSPS) is 20.9. The number of nitrogens with zero attached hydrogens (tertiary/aromatic N) is 2. The fourth-order valence-electron chi connectivity index (χ4n) is 2.55. The molecule has 0 bridgehead atoms. The van der Waals surface area contributed by atoms with Gasteiger partial charge >= 0.3 is 11.7 Å². The van der Waals surface area contributed by atoms with Gasteiger partial charge in [0, 0.05) is 6.54 Å². The average molecular weight is 269 g/mol. The number of carbonyl (C=O) groups is 1. The Morgan fingerprint density at radius 3 is 2.83 bits per heavy atom. The molecule has 0 radical (unpaired) electrons. The first-order chi connectivity index (χ1) is 8.61. The molecule has 2 N–H and O–H groups in total. The first-order valence-corrected chi connectivity index (χ1v) is 7.09. The number of thioether (sulfide) groups is 1. The minimum absolute atomic E-state index is 0.0687. The number of carboxylic acids is 1. The second-order valence-corrected chi connectivity index (χ2v) is 6.16. The van der Waals surface area contributed by atoms with E-state index in [2.05, 4.69) is 10.2 Å². The Hall–Kier alpha value is -1.24. The molecule has 0 aliphatic heterocycles. The highest BCUT2D eigenvalue weighted by atomic mass is 32.2. The Bertz CT molecular complexity index is 528. The summed E-state index contributed by atoms with van der Waals surface area (Å²) in [5.74, 6) is -0.206. The lowest BCUT2D eigenvalue weighted by Crippen LogP contribution is -2.24. The van der Waals surface area contributed by atoms with Gasteiger partial charge in [0.1, 0.15) is 0 Å². The summed E-state index contributed by atoms with van der Waals surface area (Å²) in [6.07, 6.45) is 4.89. The highest BCUT2D eigenvalue weighted by Crippen LogP contribution is 2.62. The van der Waals surface area contributed by atoms with Gasteiger partial charge < -0.3 is 5.11 Å². The summed E-state index contributed by atoms with van der Waals surface area (Å²) in [4.78, 5) is 22.3. The third-order valence-electron chi connectivity index (χ3n) is 3.86. The highest BCUT2D eigenvalue weighted by molar-refractivity contribution is 7.99. The quantitative estimate of drug-likeness (QED) is 0.750. The van der Waals surface area contributed by atoms with Crippen molar-refractivity contribution in [2.24, 2.45) is 11.3 Å². The van der Waals surface area contributed by atoms with Crippen molar-refractivity contribution in [3.63, 3.8) is 0 Å². The smallest absolute Gasteiger partial charge is 0.343 e. The number of aromatic amines is 1. The Kier molecular flexibility index (Phi) is 2.73. The maximum absolute atomic E-state index is 11.7. The van der Waals surface area contributed by atoms with E-state index in [1.807, 2.05) is 0 Å². The molecule has 2 aliphatic carbocycles. The monoisotopic (exact) mass is 269 g/mol. The highest BCUT2D eigenvalue weighted by Gasteiger charge is 2.54. The van der Waals surface area contributed by atoms with Crippen LogP contribution in [-0.4, -0.2) is 31.6 Å². The summed E-state index contributed by atoms with van der Waals surface area (Å²) in [6, 6.07) is 0. The van der Waals surface area contributed by atoms with Gasteiger partial charge in [-0.15, -0.1) is 5.10 Å². The van der Waals surface area contributed by atoms with Crippen LogP contribution in [0.3, 0.4) is 0 Å². The number of H-pyrrole nitrogens is 1. The van der Waals surface area contributed by atoms with Crippen molar-refractivity contribution in [1.29, 1.82) is 0 Å². The fourth-order valence-corrected chi connectivity index (χ4v) is 3.21. The van der Waals surface area contributed by atoms with Gasteiger partial charge in [0.2, 0.25) is 0 Å². The van der Waals surface area contributed by atoms with Gasteiger partial charge in [-0.3, -0.25) is 9.36 Å².